The molecule has 182 valence electrons. The quantitative estimate of drug-likeness (QED) is 0.280. The minimum atomic E-state index is -2.01. The van der Waals surface area contributed by atoms with E-state index in [1.807, 2.05) is 19.1 Å². The molecule has 0 aliphatic heterocycles. The zero-order valence-corrected chi connectivity index (χ0v) is 19.2. The molecule has 1 aromatic heterocycles. The molecule has 0 aliphatic rings. The average molecular weight is 492 g/mol. The van der Waals surface area contributed by atoms with E-state index in [1.54, 1.807) is 24.3 Å². The van der Waals surface area contributed by atoms with Crippen LogP contribution in [0.1, 0.15) is 12.0 Å². The zero-order chi connectivity index (χ0) is 24.0. The fourth-order valence-electron chi connectivity index (χ4n) is 3.03. The fraction of sp³-hybridized carbons (Fsp3) is 0.273. The number of nitrogens with one attached hydrogen (secondary N) is 2. The Labute approximate surface area is 199 Å². The number of aliphatic hydroxyl groups is 2. The van der Waals surface area contributed by atoms with Gasteiger partial charge in [0, 0.05) is 29.4 Å². The summed E-state index contributed by atoms with van der Waals surface area (Å²) < 4.78 is 4.44. The van der Waals surface area contributed by atoms with Crippen LogP contribution in [0.4, 0.5) is 11.4 Å². The molecule has 3 aromatic rings. The molecule has 0 unspecified atom stereocenters. The molecule has 2 aromatic carbocycles. The number of aromatic amines is 1. The molecule has 0 spiro atoms. The second kappa shape index (κ2) is 12.1. The van der Waals surface area contributed by atoms with E-state index in [1.165, 1.54) is 17.0 Å². The number of nitrogens with zero attached hydrogens (tertiary/aromatic N) is 2. The Morgan fingerprint density at radius 2 is 1.76 bits per heavy atom. The van der Waals surface area contributed by atoms with E-state index in [9.17, 15) is 24.6 Å². The first-order chi connectivity index (χ1) is 15.8. The second-order valence-electron chi connectivity index (χ2n) is 7.27. The molecule has 7 N–H and O–H groups in total. The number of alkyl halides is 1. The highest BCUT2D eigenvalue weighted by Gasteiger charge is 2.34. The number of rotatable bonds is 9. The van der Waals surface area contributed by atoms with Gasteiger partial charge in [0.1, 0.15) is 0 Å². The maximum absolute atomic E-state index is 12.9. The number of amides is 2. The lowest BCUT2D eigenvalue weighted by Gasteiger charge is -2.27. The Morgan fingerprint density at radius 3 is 2.32 bits per heavy atom. The van der Waals surface area contributed by atoms with E-state index in [0.29, 0.717) is 29.2 Å². The normalized spacial score (nSPS) is 12.4. The minimum absolute atomic E-state index is 0. The molecular formula is C22H26ClN5O6. The number of carbonyl (C=O) groups is 2. The molecule has 12 heteroatoms. The summed E-state index contributed by atoms with van der Waals surface area (Å²) in [6, 6.07) is 13.2. The smallest absolute Gasteiger partial charge is 0.380 e. The largest absolute Gasteiger partial charge is 0.439 e. The van der Waals surface area contributed by atoms with Gasteiger partial charge in [-0.25, -0.2) is 4.79 Å². The third-order valence-electron chi connectivity index (χ3n) is 4.81. The van der Waals surface area contributed by atoms with Crippen LogP contribution in [0.3, 0.4) is 0 Å². The lowest BCUT2D eigenvalue weighted by molar-refractivity contribution is -0.141. The molecule has 0 saturated carbocycles. The van der Waals surface area contributed by atoms with Gasteiger partial charge in [0.05, 0.1) is 0 Å². The zero-order valence-electron chi connectivity index (χ0n) is 18.4. The van der Waals surface area contributed by atoms with Crippen molar-refractivity contribution in [2.45, 2.75) is 25.6 Å². The SMILES string of the molecule is Cc1ccc(N(CCCCl)C(=O)[C@H](O)[C@@H](O)C(=O)Nc2ccc(-c3noc(=O)[nH]3)cc2)cc1.N. The lowest BCUT2D eigenvalue weighted by atomic mass is 10.1. The van der Waals surface area contributed by atoms with Crippen LogP contribution in [0.25, 0.3) is 11.4 Å². The summed E-state index contributed by atoms with van der Waals surface area (Å²) in [6.45, 7) is 2.11. The topological polar surface area (TPSA) is 184 Å². The molecule has 3 rings (SSSR count). The van der Waals surface area contributed by atoms with Crippen molar-refractivity contribution in [3.63, 3.8) is 0 Å². The predicted octanol–water partition coefficient (Wildman–Crippen LogP) is 1.82. The van der Waals surface area contributed by atoms with Crippen molar-refractivity contribution in [1.82, 2.24) is 16.3 Å². The van der Waals surface area contributed by atoms with Crippen molar-refractivity contribution in [3.8, 4) is 11.4 Å². The van der Waals surface area contributed by atoms with Crippen LogP contribution >= 0.6 is 11.6 Å². The summed E-state index contributed by atoms with van der Waals surface area (Å²) in [6.07, 6.45) is -3.53. The summed E-state index contributed by atoms with van der Waals surface area (Å²) in [5.74, 6) is -1.97. The first kappa shape index (κ1) is 26.7. The Bertz CT molecular complexity index is 1150. The Balaban J connectivity index is 0.00000408. The van der Waals surface area contributed by atoms with Gasteiger partial charge in [0.25, 0.3) is 11.8 Å². The summed E-state index contributed by atoms with van der Waals surface area (Å²) in [5.41, 5.74) is 2.33. The van der Waals surface area contributed by atoms with E-state index >= 15 is 0 Å². The van der Waals surface area contributed by atoms with Crippen LogP contribution in [0.2, 0.25) is 0 Å². The molecule has 0 radical (unpaired) electrons. The summed E-state index contributed by atoms with van der Waals surface area (Å²) in [5, 5.41) is 26.7. The number of carbonyl (C=O) groups excluding carboxylic acids is 2. The highest BCUT2D eigenvalue weighted by atomic mass is 35.5. The number of hydrogen-bond acceptors (Lipinski definition) is 8. The van der Waals surface area contributed by atoms with Gasteiger partial charge in [0.15, 0.2) is 18.0 Å². The van der Waals surface area contributed by atoms with Crippen molar-refractivity contribution in [1.29, 1.82) is 0 Å². The van der Waals surface area contributed by atoms with Crippen molar-refractivity contribution < 1.29 is 24.3 Å². The van der Waals surface area contributed by atoms with Gasteiger partial charge in [-0.05, 0) is 49.7 Å². The van der Waals surface area contributed by atoms with Gasteiger partial charge in [-0.15, -0.1) is 11.6 Å². The number of aryl methyl sites for hydroxylation is 1. The van der Waals surface area contributed by atoms with E-state index in [0.717, 1.165) is 5.56 Å². The number of benzene rings is 2. The predicted molar refractivity (Wildman–Crippen MR) is 127 cm³/mol. The minimum Gasteiger partial charge on any atom is -0.380 e. The van der Waals surface area contributed by atoms with Crippen molar-refractivity contribution in [3.05, 3.63) is 64.6 Å². The molecule has 2 atom stereocenters. The molecule has 0 fully saturated rings. The van der Waals surface area contributed by atoms with Crippen LogP contribution in [0, 0.1) is 6.92 Å². The number of hydrogen-bond donors (Lipinski definition) is 5. The summed E-state index contributed by atoms with van der Waals surface area (Å²) >= 11 is 5.76. The number of aromatic nitrogens is 2. The van der Waals surface area contributed by atoms with Gasteiger partial charge < -0.3 is 26.6 Å². The molecular weight excluding hydrogens is 466 g/mol. The number of anilines is 2. The second-order valence-corrected chi connectivity index (χ2v) is 7.65. The number of H-pyrrole nitrogens is 1. The fourth-order valence-corrected chi connectivity index (χ4v) is 3.15. The maximum atomic E-state index is 12.9. The van der Waals surface area contributed by atoms with E-state index in [2.05, 4.69) is 20.0 Å². The third-order valence-corrected chi connectivity index (χ3v) is 5.08. The Morgan fingerprint density at radius 1 is 1.12 bits per heavy atom. The summed E-state index contributed by atoms with van der Waals surface area (Å²) in [4.78, 5) is 40.1. The summed E-state index contributed by atoms with van der Waals surface area (Å²) in [7, 11) is 0. The van der Waals surface area contributed by atoms with Gasteiger partial charge in [-0.2, -0.15) is 0 Å². The molecule has 0 saturated heterocycles. The molecule has 11 nitrogen and oxygen atoms in total. The molecule has 0 bridgehead atoms. The Hall–Kier alpha value is -3.51. The van der Waals surface area contributed by atoms with Crippen LogP contribution in [-0.4, -0.2) is 56.8 Å². The average Bonchev–Trinajstić information content (AvgIpc) is 3.26. The first-order valence-corrected chi connectivity index (χ1v) is 10.6. The molecule has 34 heavy (non-hydrogen) atoms. The van der Waals surface area contributed by atoms with E-state index in [4.69, 9.17) is 11.6 Å². The Kier molecular flexibility index (Phi) is 9.51. The van der Waals surface area contributed by atoms with Gasteiger partial charge in [-0.3, -0.25) is 19.1 Å². The monoisotopic (exact) mass is 491 g/mol. The van der Waals surface area contributed by atoms with Gasteiger partial charge in [-0.1, -0.05) is 22.9 Å². The maximum Gasteiger partial charge on any atom is 0.439 e. The lowest BCUT2D eigenvalue weighted by Crippen LogP contribution is -2.49. The highest BCUT2D eigenvalue weighted by molar-refractivity contribution is 6.17. The van der Waals surface area contributed by atoms with E-state index < -0.39 is 29.8 Å². The van der Waals surface area contributed by atoms with Gasteiger partial charge in [0.2, 0.25) is 0 Å². The number of halogens is 1. The highest BCUT2D eigenvalue weighted by Crippen LogP contribution is 2.20. The van der Waals surface area contributed by atoms with Crippen LogP contribution < -0.4 is 22.1 Å². The van der Waals surface area contributed by atoms with Crippen LogP contribution in [0.5, 0.6) is 0 Å². The van der Waals surface area contributed by atoms with Crippen LogP contribution in [0.15, 0.2) is 57.8 Å². The standard InChI is InChI=1S/C22H23ClN4O6.H3N/c1-13-3-9-16(10-4-13)27(12-2-11-23)21(31)18(29)17(28)20(30)24-15-7-5-14(6-8-15)19-25-22(32)33-26-19;/h3-10,17-18,28-29H,2,11-12H2,1H3,(H,24,30)(H,25,26,32);1H3/t17-,18-;/m1./s1. The van der Waals surface area contributed by atoms with Crippen molar-refractivity contribution in [2.24, 2.45) is 0 Å². The third kappa shape index (κ3) is 6.51. The van der Waals surface area contributed by atoms with Gasteiger partial charge >= 0.3 is 5.76 Å². The molecule has 1 heterocycles. The molecule has 0 aliphatic carbocycles. The van der Waals surface area contributed by atoms with Crippen molar-refractivity contribution in [2.75, 3.05) is 22.6 Å². The first-order valence-electron chi connectivity index (χ1n) is 10.1. The molecule has 2 amide bonds. The number of aliphatic hydroxyl groups excluding tert-OH is 2. The van der Waals surface area contributed by atoms with E-state index in [-0.39, 0.29) is 18.5 Å². The van der Waals surface area contributed by atoms with Crippen molar-refractivity contribution >= 4 is 34.8 Å². The van der Waals surface area contributed by atoms with Crippen LogP contribution in [-0.2, 0) is 9.59 Å².